The minimum absolute atomic E-state index is 0.342. The second kappa shape index (κ2) is 7.15. The summed E-state index contributed by atoms with van der Waals surface area (Å²) in [6.07, 6.45) is 1.82. The molecule has 126 valence electrons. The first-order valence-electron chi connectivity index (χ1n) is 8.12. The number of nitrogens with zero attached hydrogens (tertiary/aromatic N) is 1. The van der Waals surface area contributed by atoms with Gasteiger partial charge in [-0.3, -0.25) is 0 Å². The Morgan fingerprint density at radius 3 is 2.68 bits per heavy atom. The summed E-state index contributed by atoms with van der Waals surface area (Å²) in [6.45, 7) is 9.48. The van der Waals surface area contributed by atoms with E-state index in [9.17, 15) is 8.42 Å². The highest BCUT2D eigenvalue weighted by molar-refractivity contribution is 7.89. The Labute approximate surface area is 134 Å². The largest absolute Gasteiger partial charge is 0.465 e. The molecule has 6 heteroatoms. The highest BCUT2D eigenvalue weighted by Crippen LogP contribution is 2.24. The van der Waals surface area contributed by atoms with Crippen LogP contribution < -0.4 is 5.32 Å². The molecule has 0 radical (unpaired) electrons. The molecule has 1 aromatic rings. The molecule has 0 bridgehead atoms. The molecule has 1 aliphatic heterocycles. The van der Waals surface area contributed by atoms with E-state index in [4.69, 9.17) is 4.42 Å². The zero-order valence-electron chi connectivity index (χ0n) is 14.0. The van der Waals surface area contributed by atoms with Crippen LogP contribution in [0.5, 0.6) is 0 Å². The highest BCUT2D eigenvalue weighted by Gasteiger charge is 2.35. The average molecular weight is 328 g/mol. The van der Waals surface area contributed by atoms with E-state index in [0.717, 1.165) is 24.4 Å². The van der Waals surface area contributed by atoms with Crippen LogP contribution in [0.1, 0.15) is 45.1 Å². The lowest BCUT2D eigenvalue weighted by atomic mass is 9.91. The van der Waals surface area contributed by atoms with Gasteiger partial charge in [0.05, 0.1) is 11.8 Å². The van der Waals surface area contributed by atoms with E-state index < -0.39 is 10.0 Å². The topological polar surface area (TPSA) is 62.6 Å². The molecule has 1 fully saturated rings. The van der Waals surface area contributed by atoms with E-state index >= 15 is 0 Å². The van der Waals surface area contributed by atoms with Crippen molar-refractivity contribution in [1.82, 2.24) is 9.62 Å². The van der Waals surface area contributed by atoms with Crippen LogP contribution in [0, 0.1) is 12.8 Å². The number of rotatable bonds is 6. The van der Waals surface area contributed by atoms with Crippen LogP contribution in [0.25, 0.3) is 0 Å². The van der Waals surface area contributed by atoms with Crippen molar-refractivity contribution in [2.24, 2.45) is 5.92 Å². The Balaban J connectivity index is 1.95. The minimum Gasteiger partial charge on any atom is -0.465 e. The van der Waals surface area contributed by atoms with Crippen LogP contribution in [0.15, 0.2) is 16.5 Å². The van der Waals surface area contributed by atoms with Crippen molar-refractivity contribution in [2.75, 3.05) is 13.1 Å². The van der Waals surface area contributed by atoms with E-state index in [0.29, 0.717) is 31.6 Å². The van der Waals surface area contributed by atoms with Gasteiger partial charge in [0.25, 0.3) is 0 Å². The van der Waals surface area contributed by atoms with E-state index in [-0.39, 0.29) is 5.25 Å². The molecule has 1 N–H and O–H groups in total. The third-order valence-corrected chi connectivity index (χ3v) is 6.75. The number of furan rings is 1. The lowest BCUT2D eigenvalue weighted by molar-refractivity contribution is 0.197. The monoisotopic (exact) mass is 328 g/mol. The molecular weight excluding hydrogens is 300 g/mol. The average Bonchev–Trinajstić information content (AvgIpc) is 2.90. The van der Waals surface area contributed by atoms with Gasteiger partial charge in [0, 0.05) is 19.1 Å². The third-order valence-electron chi connectivity index (χ3n) is 4.51. The van der Waals surface area contributed by atoms with Gasteiger partial charge < -0.3 is 9.73 Å². The van der Waals surface area contributed by atoms with E-state index in [2.05, 4.69) is 12.2 Å². The molecule has 1 aromatic heterocycles. The molecule has 0 saturated carbocycles. The van der Waals surface area contributed by atoms with Gasteiger partial charge in [-0.05, 0) is 45.2 Å². The summed E-state index contributed by atoms with van der Waals surface area (Å²) in [5.74, 6) is 2.20. The Kier molecular flexibility index (Phi) is 5.69. The summed E-state index contributed by atoms with van der Waals surface area (Å²) in [7, 11) is -3.14. The maximum atomic E-state index is 12.3. The van der Waals surface area contributed by atoms with Crippen molar-refractivity contribution in [2.45, 2.75) is 58.4 Å². The summed E-state index contributed by atoms with van der Waals surface area (Å²) in [6, 6.07) is 4.29. The standard InChI is InChI=1S/C16H28N2O3S/c1-5-14-11-18(22(19,20)12(2)3)9-8-16(14)17-10-15-7-6-13(4)21-15/h6-7,12,14,16-17H,5,8-11H2,1-4H3/t14-,16-/m0/s1. The first kappa shape index (κ1) is 17.5. The fourth-order valence-corrected chi connectivity index (χ4v) is 4.38. The minimum atomic E-state index is -3.14. The maximum absolute atomic E-state index is 12.3. The Morgan fingerprint density at radius 1 is 1.41 bits per heavy atom. The van der Waals surface area contributed by atoms with Gasteiger partial charge in [-0.15, -0.1) is 0 Å². The lowest BCUT2D eigenvalue weighted by Gasteiger charge is -2.38. The van der Waals surface area contributed by atoms with Crippen LogP contribution in [-0.4, -0.2) is 37.1 Å². The first-order valence-corrected chi connectivity index (χ1v) is 9.62. The van der Waals surface area contributed by atoms with Crippen molar-refractivity contribution in [3.05, 3.63) is 23.7 Å². The van der Waals surface area contributed by atoms with Gasteiger partial charge in [-0.25, -0.2) is 12.7 Å². The van der Waals surface area contributed by atoms with E-state index in [1.54, 1.807) is 18.2 Å². The van der Waals surface area contributed by atoms with Crippen LogP contribution in [0.3, 0.4) is 0 Å². The third kappa shape index (κ3) is 3.91. The van der Waals surface area contributed by atoms with Crippen molar-refractivity contribution in [3.8, 4) is 0 Å². The van der Waals surface area contributed by atoms with Gasteiger partial charge in [0.15, 0.2) is 0 Å². The lowest BCUT2D eigenvalue weighted by Crippen LogP contribution is -2.51. The van der Waals surface area contributed by atoms with Crippen LogP contribution >= 0.6 is 0 Å². The normalized spacial score (nSPS) is 24.0. The number of sulfonamides is 1. The number of hydrogen-bond donors (Lipinski definition) is 1. The maximum Gasteiger partial charge on any atom is 0.216 e. The molecule has 0 spiro atoms. The van der Waals surface area contributed by atoms with Gasteiger partial charge in [-0.1, -0.05) is 13.3 Å². The molecule has 5 nitrogen and oxygen atoms in total. The van der Waals surface area contributed by atoms with E-state index in [1.807, 2.05) is 19.1 Å². The molecule has 0 aromatic carbocycles. The molecule has 2 heterocycles. The summed E-state index contributed by atoms with van der Waals surface area (Å²) >= 11 is 0. The predicted molar refractivity (Wildman–Crippen MR) is 88.1 cm³/mol. The molecule has 2 atom stereocenters. The highest BCUT2D eigenvalue weighted by atomic mass is 32.2. The molecule has 22 heavy (non-hydrogen) atoms. The van der Waals surface area contributed by atoms with Gasteiger partial charge in [-0.2, -0.15) is 0 Å². The number of nitrogens with one attached hydrogen (secondary N) is 1. The zero-order valence-corrected chi connectivity index (χ0v) is 14.8. The zero-order chi connectivity index (χ0) is 16.3. The van der Waals surface area contributed by atoms with E-state index in [1.165, 1.54) is 0 Å². The predicted octanol–water partition coefficient (Wildman–Crippen LogP) is 2.52. The number of piperidine rings is 1. The summed E-state index contributed by atoms with van der Waals surface area (Å²) in [4.78, 5) is 0. The second-order valence-corrected chi connectivity index (χ2v) is 8.90. The fourth-order valence-electron chi connectivity index (χ4n) is 3.02. The van der Waals surface area contributed by atoms with Crippen molar-refractivity contribution in [3.63, 3.8) is 0 Å². The smallest absolute Gasteiger partial charge is 0.216 e. The molecule has 2 rings (SSSR count). The first-order chi connectivity index (χ1) is 10.3. The quantitative estimate of drug-likeness (QED) is 0.871. The Morgan fingerprint density at radius 2 is 2.14 bits per heavy atom. The molecule has 1 saturated heterocycles. The molecule has 0 amide bonds. The summed E-state index contributed by atoms with van der Waals surface area (Å²) in [5, 5.41) is 3.19. The molecule has 1 aliphatic rings. The Bertz CT molecular complexity index is 580. The van der Waals surface area contributed by atoms with Crippen molar-refractivity contribution in [1.29, 1.82) is 0 Å². The summed E-state index contributed by atoms with van der Waals surface area (Å²) < 4.78 is 31.9. The number of aryl methyl sites for hydroxylation is 1. The van der Waals surface area contributed by atoms with Crippen molar-refractivity contribution < 1.29 is 12.8 Å². The van der Waals surface area contributed by atoms with Crippen LogP contribution in [0.2, 0.25) is 0 Å². The van der Waals surface area contributed by atoms with Gasteiger partial charge in [0.2, 0.25) is 10.0 Å². The Hall–Kier alpha value is -0.850. The molecule has 0 unspecified atom stereocenters. The fraction of sp³-hybridized carbons (Fsp3) is 0.750. The summed E-state index contributed by atoms with van der Waals surface area (Å²) in [5.41, 5.74) is 0. The SMILES string of the molecule is CC[C@H]1CN(S(=O)(=O)C(C)C)CC[C@@H]1NCc1ccc(C)o1. The van der Waals surface area contributed by atoms with Crippen LogP contribution in [-0.2, 0) is 16.6 Å². The van der Waals surface area contributed by atoms with Gasteiger partial charge >= 0.3 is 0 Å². The number of hydrogen-bond acceptors (Lipinski definition) is 4. The second-order valence-electron chi connectivity index (χ2n) is 6.41. The van der Waals surface area contributed by atoms with Crippen LogP contribution in [0.4, 0.5) is 0 Å². The molecule has 0 aliphatic carbocycles. The van der Waals surface area contributed by atoms with Crippen molar-refractivity contribution >= 4 is 10.0 Å². The van der Waals surface area contributed by atoms with Gasteiger partial charge in [0.1, 0.15) is 11.5 Å². The molecular formula is C16H28N2O3S.